The molecule has 1 aliphatic carbocycles. The topological polar surface area (TPSA) is 20.3 Å². The molecular formula is C15H20ClNO. The van der Waals surface area contributed by atoms with Gasteiger partial charge in [-0.2, -0.15) is 0 Å². The number of carbonyl (C=O) groups is 1. The molecule has 98 valence electrons. The van der Waals surface area contributed by atoms with Gasteiger partial charge in [0.1, 0.15) is 5.78 Å². The molecule has 0 unspecified atom stereocenters. The number of likely N-dealkylation sites (N-methyl/N-ethyl adjacent to an activating group) is 1. The largest absolute Gasteiger partial charge is 0.298 e. The molecule has 1 fully saturated rings. The smallest absolute Gasteiger partial charge is 0.149 e. The molecule has 0 bridgehead atoms. The summed E-state index contributed by atoms with van der Waals surface area (Å²) in [5.74, 6) is 0.695. The van der Waals surface area contributed by atoms with Gasteiger partial charge in [-0.05, 0) is 31.5 Å². The van der Waals surface area contributed by atoms with E-state index < -0.39 is 0 Å². The molecule has 0 aliphatic heterocycles. The molecule has 0 saturated heterocycles. The number of nitrogens with zero attached hydrogens (tertiary/aromatic N) is 1. The van der Waals surface area contributed by atoms with E-state index >= 15 is 0 Å². The summed E-state index contributed by atoms with van der Waals surface area (Å²) >= 11 is 6.12. The Balaban J connectivity index is 1.86. The highest BCUT2D eigenvalue weighted by molar-refractivity contribution is 6.31. The number of halogens is 1. The van der Waals surface area contributed by atoms with Crippen molar-refractivity contribution in [1.29, 1.82) is 0 Å². The predicted molar refractivity (Wildman–Crippen MR) is 74.8 cm³/mol. The van der Waals surface area contributed by atoms with E-state index in [9.17, 15) is 4.79 Å². The molecule has 1 saturated carbocycles. The molecule has 18 heavy (non-hydrogen) atoms. The SMILES string of the molecule is CN(CC(=O)C1CCCC1)Cc1ccccc1Cl. The van der Waals surface area contributed by atoms with Gasteiger partial charge in [-0.25, -0.2) is 0 Å². The van der Waals surface area contributed by atoms with Gasteiger partial charge in [0.15, 0.2) is 0 Å². The van der Waals surface area contributed by atoms with Crippen LogP contribution < -0.4 is 0 Å². The van der Waals surface area contributed by atoms with Gasteiger partial charge in [-0.15, -0.1) is 0 Å². The van der Waals surface area contributed by atoms with E-state index in [0.717, 1.165) is 30.0 Å². The van der Waals surface area contributed by atoms with Crippen LogP contribution in [0.4, 0.5) is 0 Å². The number of ketones is 1. The highest BCUT2D eigenvalue weighted by atomic mass is 35.5. The number of Topliss-reactive ketones (excluding diaryl/α,β-unsaturated/α-hetero) is 1. The number of hydrogen-bond acceptors (Lipinski definition) is 2. The minimum absolute atomic E-state index is 0.304. The summed E-state index contributed by atoms with van der Waals surface area (Å²) in [6.07, 6.45) is 4.59. The zero-order chi connectivity index (χ0) is 13.0. The molecule has 1 aromatic carbocycles. The molecule has 0 aromatic heterocycles. The fourth-order valence-corrected chi connectivity index (χ4v) is 2.81. The third-order valence-corrected chi connectivity index (χ3v) is 4.00. The number of carbonyl (C=O) groups excluding carboxylic acids is 1. The van der Waals surface area contributed by atoms with Crippen molar-refractivity contribution in [3.05, 3.63) is 34.9 Å². The molecule has 0 radical (unpaired) electrons. The van der Waals surface area contributed by atoms with Crippen molar-refractivity contribution >= 4 is 17.4 Å². The molecule has 0 heterocycles. The Morgan fingerprint density at radius 2 is 2.00 bits per heavy atom. The first-order valence-electron chi connectivity index (χ1n) is 6.61. The summed E-state index contributed by atoms with van der Waals surface area (Å²) in [7, 11) is 1.98. The Morgan fingerprint density at radius 3 is 2.67 bits per heavy atom. The average Bonchev–Trinajstić information content (AvgIpc) is 2.85. The molecule has 0 N–H and O–H groups in total. The van der Waals surface area contributed by atoms with Gasteiger partial charge in [0.05, 0.1) is 6.54 Å². The van der Waals surface area contributed by atoms with Crippen LogP contribution in [-0.4, -0.2) is 24.3 Å². The van der Waals surface area contributed by atoms with Crippen LogP contribution >= 0.6 is 11.6 Å². The van der Waals surface area contributed by atoms with Crippen LogP contribution in [0.3, 0.4) is 0 Å². The predicted octanol–water partition coefficient (Wildman–Crippen LogP) is 3.53. The van der Waals surface area contributed by atoms with Crippen LogP contribution in [0, 0.1) is 5.92 Å². The second-order valence-corrected chi connectivity index (χ2v) is 5.62. The fourth-order valence-electron chi connectivity index (χ4n) is 2.62. The highest BCUT2D eigenvalue weighted by Crippen LogP contribution is 2.25. The van der Waals surface area contributed by atoms with Gasteiger partial charge in [0, 0.05) is 17.5 Å². The van der Waals surface area contributed by atoms with Crippen LogP contribution in [0.5, 0.6) is 0 Å². The van der Waals surface area contributed by atoms with Crippen LogP contribution in [0.25, 0.3) is 0 Å². The van der Waals surface area contributed by atoms with E-state index in [-0.39, 0.29) is 0 Å². The maximum absolute atomic E-state index is 12.1. The minimum atomic E-state index is 0.304. The van der Waals surface area contributed by atoms with E-state index in [0.29, 0.717) is 18.2 Å². The summed E-state index contributed by atoms with van der Waals surface area (Å²) < 4.78 is 0. The number of benzene rings is 1. The summed E-state index contributed by atoms with van der Waals surface area (Å²) in [5, 5.41) is 0.776. The maximum Gasteiger partial charge on any atom is 0.149 e. The van der Waals surface area contributed by atoms with Crippen molar-refractivity contribution < 1.29 is 4.79 Å². The normalized spacial score (nSPS) is 16.4. The third kappa shape index (κ3) is 3.56. The second-order valence-electron chi connectivity index (χ2n) is 5.21. The molecule has 3 heteroatoms. The van der Waals surface area contributed by atoms with Crippen molar-refractivity contribution in [2.45, 2.75) is 32.2 Å². The van der Waals surface area contributed by atoms with E-state index in [2.05, 4.69) is 4.90 Å². The molecule has 0 spiro atoms. The van der Waals surface area contributed by atoms with Crippen LogP contribution in [-0.2, 0) is 11.3 Å². The van der Waals surface area contributed by atoms with Crippen molar-refractivity contribution in [2.75, 3.05) is 13.6 Å². The fraction of sp³-hybridized carbons (Fsp3) is 0.533. The standard InChI is InChI=1S/C15H20ClNO/c1-17(10-13-8-4-5-9-14(13)16)11-15(18)12-6-2-3-7-12/h4-5,8-9,12H,2-3,6-7,10-11H2,1H3. The lowest BCUT2D eigenvalue weighted by Gasteiger charge is -2.18. The maximum atomic E-state index is 12.1. The Labute approximate surface area is 114 Å². The van der Waals surface area contributed by atoms with Crippen molar-refractivity contribution in [2.24, 2.45) is 5.92 Å². The molecular weight excluding hydrogens is 246 g/mol. The van der Waals surface area contributed by atoms with E-state index in [1.165, 1.54) is 12.8 Å². The Hall–Kier alpha value is -0.860. The van der Waals surface area contributed by atoms with Gasteiger partial charge in [0.25, 0.3) is 0 Å². The minimum Gasteiger partial charge on any atom is -0.298 e. The first kappa shape index (κ1) is 13.6. The van der Waals surface area contributed by atoms with Crippen molar-refractivity contribution in [3.63, 3.8) is 0 Å². The van der Waals surface area contributed by atoms with Gasteiger partial charge >= 0.3 is 0 Å². The van der Waals surface area contributed by atoms with E-state index in [1.807, 2.05) is 31.3 Å². The Morgan fingerprint density at radius 1 is 1.33 bits per heavy atom. The lowest BCUT2D eigenvalue weighted by molar-refractivity contribution is -0.123. The zero-order valence-electron chi connectivity index (χ0n) is 10.9. The summed E-state index contributed by atoms with van der Waals surface area (Å²) in [4.78, 5) is 14.1. The van der Waals surface area contributed by atoms with Gasteiger partial charge < -0.3 is 0 Å². The van der Waals surface area contributed by atoms with Crippen LogP contribution in [0.15, 0.2) is 24.3 Å². The summed E-state index contributed by atoms with van der Waals surface area (Å²) in [5.41, 5.74) is 1.08. The summed E-state index contributed by atoms with van der Waals surface area (Å²) in [6, 6.07) is 7.81. The van der Waals surface area contributed by atoms with Gasteiger partial charge in [-0.3, -0.25) is 9.69 Å². The second kappa shape index (κ2) is 6.35. The summed E-state index contributed by atoms with van der Waals surface area (Å²) in [6.45, 7) is 1.27. The lowest BCUT2D eigenvalue weighted by atomic mass is 10.0. The number of rotatable bonds is 5. The third-order valence-electron chi connectivity index (χ3n) is 3.63. The molecule has 2 rings (SSSR count). The first-order chi connectivity index (χ1) is 8.66. The monoisotopic (exact) mass is 265 g/mol. The Bertz CT molecular complexity index is 413. The lowest BCUT2D eigenvalue weighted by Crippen LogP contribution is -2.29. The van der Waals surface area contributed by atoms with E-state index in [4.69, 9.17) is 11.6 Å². The van der Waals surface area contributed by atoms with Crippen molar-refractivity contribution in [1.82, 2.24) is 4.90 Å². The van der Waals surface area contributed by atoms with Gasteiger partial charge in [0.2, 0.25) is 0 Å². The quantitative estimate of drug-likeness (QED) is 0.812. The van der Waals surface area contributed by atoms with Crippen LogP contribution in [0.1, 0.15) is 31.2 Å². The van der Waals surface area contributed by atoms with E-state index in [1.54, 1.807) is 0 Å². The first-order valence-corrected chi connectivity index (χ1v) is 6.99. The van der Waals surface area contributed by atoms with Crippen LogP contribution in [0.2, 0.25) is 5.02 Å². The molecule has 0 atom stereocenters. The average molecular weight is 266 g/mol. The Kier molecular flexibility index (Phi) is 4.79. The highest BCUT2D eigenvalue weighted by Gasteiger charge is 2.23. The van der Waals surface area contributed by atoms with Crippen molar-refractivity contribution in [3.8, 4) is 0 Å². The zero-order valence-corrected chi connectivity index (χ0v) is 11.6. The van der Waals surface area contributed by atoms with Gasteiger partial charge in [-0.1, -0.05) is 42.6 Å². The number of hydrogen-bond donors (Lipinski definition) is 0. The molecule has 0 amide bonds. The molecule has 1 aliphatic rings. The molecule has 2 nitrogen and oxygen atoms in total. The molecule has 1 aromatic rings.